The number of amides is 1. The van der Waals surface area contributed by atoms with Crippen molar-refractivity contribution in [3.05, 3.63) is 23.7 Å². The van der Waals surface area contributed by atoms with E-state index in [0.717, 1.165) is 44.0 Å². The normalized spacial score (nSPS) is 15.3. The van der Waals surface area contributed by atoms with Crippen LogP contribution in [0, 0.1) is 6.92 Å². The van der Waals surface area contributed by atoms with Gasteiger partial charge in [-0.2, -0.15) is 0 Å². The molecule has 0 unspecified atom stereocenters. The number of likely N-dealkylation sites (tertiary alicyclic amines) is 1. The number of guanidine groups is 1. The molecule has 0 radical (unpaired) electrons. The molecule has 1 amide bonds. The van der Waals surface area contributed by atoms with Gasteiger partial charge >= 0.3 is 0 Å². The molecule has 0 atom stereocenters. The molecule has 7 nitrogen and oxygen atoms in total. The van der Waals surface area contributed by atoms with Crippen LogP contribution in [0.4, 0.5) is 0 Å². The molecular formula is C21H38IN5O2. The predicted octanol–water partition coefficient (Wildman–Crippen LogP) is 3.15. The monoisotopic (exact) mass is 519 g/mol. The van der Waals surface area contributed by atoms with E-state index in [4.69, 9.17) is 4.42 Å². The molecule has 1 aromatic rings. The first kappa shape index (κ1) is 25.7. The average molecular weight is 519 g/mol. The third kappa shape index (κ3) is 10.3. The molecule has 0 spiro atoms. The number of halogens is 1. The van der Waals surface area contributed by atoms with E-state index in [9.17, 15) is 4.79 Å². The molecule has 0 aromatic carbocycles. The molecule has 166 valence electrons. The second-order valence-electron chi connectivity index (χ2n) is 7.34. The fraction of sp³-hybridized carbons (Fsp3) is 0.714. The van der Waals surface area contributed by atoms with Gasteiger partial charge in [0.05, 0.1) is 6.26 Å². The molecule has 3 N–H and O–H groups in total. The van der Waals surface area contributed by atoms with Gasteiger partial charge in [-0.05, 0) is 65.2 Å². The van der Waals surface area contributed by atoms with Crippen molar-refractivity contribution in [2.24, 2.45) is 4.99 Å². The van der Waals surface area contributed by atoms with E-state index in [1.54, 1.807) is 6.07 Å². The number of hydrogen-bond donors (Lipinski definition) is 3. The third-order valence-electron chi connectivity index (χ3n) is 4.95. The molecule has 0 bridgehead atoms. The summed E-state index contributed by atoms with van der Waals surface area (Å²) in [6, 6.07) is 1.79. The van der Waals surface area contributed by atoms with Crippen molar-refractivity contribution in [3.8, 4) is 0 Å². The second kappa shape index (κ2) is 15.5. The molecule has 1 aliphatic heterocycles. The molecule has 8 heteroatoms. The Bertz CT molecular complexity index is 598. The van der Waals surface area contributed by atoms with Crippen LogP contribution in [-0.2, 0) is 0 Å². The molecule has 1 fully saturated rings. The minimum absolute atomic E-state index is 0. The van der Waals surface area contributed by atoms with Crippen molar-refractivity contribution in [3.63, 3.8) is 0 Å². The third-order valence-corrected chi connectivity index (χ3v) is 4.95. The molecule has 0 aliphatic carbocycles. The lowest BCUT2D eigenvalue weighted by atomic mass is 10.2. The number of nitrogens with zero attached hydrogens (tertiary/aromatic N) is 2. The molecule has 29 heavy (non-hydrogen) atoms. The van der Waals surface area contributed by atoms with Crippen molar-refractivity contribution < 1.29 is 9.21 Å². The van der Waals surface area contributed by atoms with Gasteiger partial charge in [-0.15, -0.1) is 24.0 Å². The molecular weight excluding hydrogens is 481 g/mol. The van der Waals surface area contributed by atoms with Crippen LogP contribution in [-0.4, -0.2) is 62.6 Å². The zero-order valence-electron chi connectivity index (χ0n) is 18.0. The first-order chi connectivity index (χ1) is 13.7. The number of aliphatic imine (C=N–C) groups is 1. The molecule has 0 saturated carbocycles. The topological polar surface area (TPSA) is 81.9 Å². The number of furan rings is 1. The van der Waals surface area contributed by atoms with Crippen molar-refractivity contribution in [1.29, 1.82) is 0 Å². The lowest BCUT2D eigenvalue weighted by molar-refractivity contribution is 0.0925. The van der Waals surface area contributed by atoms with E-state index in [-0.39, 0.29) is 29.9 Å². The summed E-state index contributed by atoms with van der Waals surface area (Å²) < 4.78 is 5.20. The summed E-state index contributed by atoms with van der Waals surface area (Å²) >= 11 is 0. The predicted molar refractivity (Wildman–Crippen MR) is 129 cm³/mol. The summed E-state index contributed by atoms with van der Waals surface area (Å²) in [6.45, 7) is 10.6. The van der Waals surface area contributed by atoms with Crippen LogP contribution >= 0.6 is 24.0 Å². The first-order valence-corrected chi connectivity index (χ1v) is 10.8. The largest absolute Gasteiger partial charge is 0.459 e. The minimum atomic E-state index is -0.162. The van der Waals surface area contributed by atoms with E-state index in [1.807, 2.05) is 6.92 Å². The van der Waals surface area contributed by atoms with Gasteiger partial charge in [-0.1, -0.05) is 12.8 Å². The van der Waals surface area contributed by atoms with Gasteiger partial charge in [0, 0.05) is 31.7 Å². The van der Waals surface area contributed by atoms with E-state index >= 15 is 0 Å². The highest BCUT2D eigenvalue weighted by molar-refractivity contribution is 14.0. The van der Waals surface area contributed by atoms with Crippen LogP contribution in [0.25, 0.3) is 0 Å². The Balaban J connectivity index is 0.00000420. The lowest BCUT2D eigenvalue weighted by Gasteiger charge is -2.20. The Morgan fingerprint density at radius 1 is 1.10 bits per heavy atom. The summed E-state index contributed by atoms with van der Waals surface area (Å²) in [5.74, 6) is 1.08. The van der Waals surface area contributed by atoms with Crippen LogP contribution in [0.3, 0.4) is 0 Å². The van der Waals surface area contributed by atoms with Gasteiger partial charge in [0.1, 0.15) is 0 Å². The van der Waals surface area contributed by atoms with Gasteiger partial charge in [0.25, 0.3) is 5.91 Å². The van der Waals surface area contributed by atoms with Gasteiger partial charge in [-0.25, -0.2) is 0 Å². The van der Waals surface area contributed by atoms with Crippen LogP contribution in [0.15, 0.2) is 21.7 Å². The SMILES string of the molecule is CCNC(=NCCCNC(=O)c1occc1C)NCCCN1CCCCCC1.I. The van der Waals surface area contributed by atoms with Crippen molar-refractivity contribution in [2.45, 2.75) is 52.4 Å². The summed E-state index contributed by atoms with van der Waals surface area (Å²) in [5, 5.41) is 9.58. The van der Waals surface area contributed by atoms with E-state index in [1.165, 1.54) is 45.0 Å². The number of carbonyl (C=O) groups excluding carboxylic acids is 1. The summed E-state index contributed by atoms with van der Waals surface area (Å²) in [5.41, 5.74) is 0.856. The number of carbonyl (C=O) groups is 1. The zero-order chi connectivity index (χ0) is 20.0. The number of rotatable bonds is 10. The standard InChI is InChI=1S/C21H37N5O2.HI/c1-3-22-21(25-13-9-16-26-14-6-4-5-7-15-26)24-12-8-11-23-20(27)19-18(2)10-17-28-19;/h10,17H,3-9,11-16H2,1-2H3,(H,23,27)(H2,22,24,25);1H. The number of nitrogens with one attached hydrogen (secondary N) is 3. The van der Waals surface area contributed by atoms with Gasteiger partial charge in [-0.3, -0.25) is 9.79 Å². The van der Waals surface area contributed by atoms with Gasteiger partial charge in [0.15, 0.2) is 11.7 Å². The Hall–Kier alpha value is -1.29. The van der Waals surface area contributed by atoms with Crippen molar-refractivity contribution >= 4 is 35.8 Å². The summed E-state index contributed by atoms with van der Waals surface area (Å²) in [4.78, 5) is 19.2. The molecule has 1 aromatic heterocycles. The van der Waals surface area contributed by atoms with Gasteiger partial charge in [0.2, 0.25) is 0 Å². The molecule has 2 rings (SSSR count). The maximum atomic E-state index is 12.0. The fourth-order valence-electron chi connectivity index (χ4n) is 3.37. The Labute approximate surface area is 192 Å². The number of hydrogen-bond acceptors (Lipinski definition) is 4. The van der Waals surface area contributed by atoms with E-state index in [0.29, 0.717) is 18.8 Å². The van der Waals surface area contributed by atoms with Gasteiger partial charge < -0.3 is 25.3 Å². The average Bonchev–Trinajstić information content (AvgIpc) is 2.95. The van der Waals surface area contributed by atoms with E-state index < -0.39 is 0 Å². The highest BCUT2D eigenvalue weighted by Gasteiger charge is 2.11. The van der Waals surface area contributed by atoms with Crippen molar-refractivity contribution in [2.75, 3.05) is 45.8 Å². The molecule has 1 aliphatic rings. The second-order valence-corrected chi connectivity index (χ2v) is 7.34. The first-order valence-electron chi connectivity index (χ1n) is 10.8. The lowest BCUT2D eigenvalue weighted by Crippen LogP contribution is -2.39. The highest BCUT2D eigenvalue weighted by Crippen LogP contribution is 2.09. The minimum Gasteiger partial charge on any atom is -0.459 e. The molecule has 1 saturated heterocycles. The quantitative estimate of drug-likeness (QED) is 0.192. The molecule has 2 heterocycles. The van der Waals surface area contributed by atoms with Crippen LogP contribution in [0.5, 0.6) is 0 Å². The van der Waals surface area contributed by atoms with Crippen LogP contribution in [0.2, 0.25) is 0 Å². The summed E-state index contributed by atoms with van der Waals surface area (Å²) in [6.07, 6.45) is 8.90. The van der Waals surface area contributed by atoms with E-state index in [2.05, 4.69) is 32.8 Å². The number of aryl methyl sites for hydroxylation is 1. The van der Waals surface area contributed by atoms with Crippen molar-refractivity contribution in [1.82, 2.24) is 20.9 Å². The summed E-state index contributed by atoms with van der Waals surface area (Å²) in [7, 11) is 0. The van der Waals surface area contributed by atoms with Crippen LogP contribution < -0.4 is 16.0 Å². The Morgan fingerprint density at radius 2 is 1.83 bits per heavy atom. The maximum Gasteiger partial charge on any atom is 0.287 e. The Kier molecular flexibility index (Phi) is 13.8. The maximum absolute atomic E-state index is 12.0. The highest BCUT2D eigenvalue weighted by atomic mass is 127. The zero-order valence-corrected chi connectivity index (χ0v) is 20.3. The van der Waals surface area contributed by atoms with Crippen LogP contribution in [0.1, 0.15) is 61.6 Å². The Morgan fingerprint density at radius 3 is 2.48 bits per heavy atom. The fourth-order valence-corrected chi connectivity index (χ4v) is 3.37. The smallest absolute Gasteiger partial charge is 0.287 e.